The lowest BCUT2D eigenvalue weighted by atomic mass is 9.97. The smallest absolute Gasteiger partial charge is 0.305 e. The van der Waals surface area contributed by atoms with Gasteiger partial charge in [0.2, 0.25) is 0 Å². The van der Waals surface area contributed by atoms with Crippen LogP contribution in [-0.2, 0) is 16.0 Å². The van der Waals surface area contributed by atoms with Crippen molar-refractivity contribution in [2.75, 3.05) is 6.61 Å². The molecule has 0 spiro atoms. The molecule has 0 aromatic carbocycles. The number of aryl methyl sites for hydroxylation is 1. The molecule has 1 aromatic rings. The number of hydrogen-bond acceptors (Lipinski definition) is 3. The van der Waals surface area contributed by atoms with E-state index in [-0.39, 0.29) is 5.97 Å². The number of unbranched alkanes of at least 4 members (excludes halogenated alkanes) is 5. The van der Waals surface area contributed by atoms with E-state index in [2.05, 4.69) is 19.9 Å². The minimum absolute atomic E-state index is 0.0575. The van der Waals surface area contributed by atoms with Crippen LogP contribution >= 0.6 is 0 Å². The summed E-state index contributed by atoms with van der Waals surface area (Å²) in [5.41, 5.74) is 1.39. The normalized spacial score (nSPS) is 12.3. The first-order valence-electron chi connectivity index (χ1n) is 8.90. The fourth-order valence-electron chi connectivity index (χ4n) is 2.71. The second-order valence-electron chi connectivity index (χ2n) is 6.03. The molecule has 0 amide bonds. The molecule has 22 heavy (non-hydrogen) atoms. The van der Waals surface area contributed by atoms with E-state index in [1.54, 1.807) is 0 Å². The average Bonchev–Trinajstić information content (AvgIpc) is 2.97. The van der Waals surface area contributed by atoms with Crippen LogP contribution in [0, 0.1) is 0 Å². The van der Waals surface area contributed by atoms with Crippen LogP contribution in [0.5, 0.6) is 0 Å². The lowest BCUT2D eigenvalue weighted by molar-refractivity contribution is -0.143. The topological polar surface area (TPSA) is 39.4 Å². The minimum atomic E-state index is -0.0575. The number of carbonyl (C=O) groups excluding carboxylic acids is 1. The quantitative estimate of drug-likeness (QED) is 0.371. The lowest BCUT2D eigenvalue weighted by Gasteiger charge is -2.08. The maximum absolute atomic E-state index is 11.2. The predicted octanol–water partition coefficient (Wildman–Crippen LogP) is 5.63. The second-order valence-corrected chi connectivity index (χ2v) is 6.03. The van der Waals surface area contributed by atoms with Gasteiger partial charge in [0.15, 0.2) is 0 Å². The summed E-state index contributed by atoms with van der Waals surface area (Å²) >= 11 is 0. The van der Waals surface area contributed by atoms with E-state index >= 15 is 0 Å². The van der Waals surface area contributed by atoms with Gasteiger partial charge in [-0.1, -0.05) is 39.5 Å². The highest BCUT2D eigenvalue weighted by Crippen LogP contribution is 2.25. The standard InChI is InChI=1S/C19H32O3/c1-4-16(3)17-14-15-22-18(17)12-10-8-6-7-9-11-13-19(20)21-5-2/h14-16H,4-13H2,1-3H3. The van der Waals surface area contributed by atoms with Crippen LogP contribution in [0.3, 0.4) is 0 Å². The van der Waals surface area contributed by atoms with Crippen molar-refractivity contribution in [2.24, 2.45) is 0 Å². The predicted molar refractivity (Wildman–Crippen MR) is 90.1 cm³/mol. The van der Waals surface area contributed by atoms with Crippen molar-refractivity contribution in [2.45, 2.75) is 84.5 Å². The first-order valence-corrected chi connectivity index (χ1v) is 8.90. The molecule has 1 unspecified atom stereocenters. The van der Waals surface area contributed by atoms with Crippen molar-refractivity contribution in [3.8, 4) is 0 Å². The molecule has 0 N–H and O–H groups in total. The van der Waals surface area contributed by atoms with Gasteiger partial charge in [-0.2, -0.15) is 0 Å². The molecule has 0 aliphatic carbocycles. The van der Waals surface area contributed by atoms with Crippen LogP contribution in [0.1, 0.15) is 89.4 Å². The van der Waals surface area contributed by atoms with E-state index < -0.39 is 0 Å². The van der Waals surface area contributed by atoms with Gasteiger partial charge in [-0.05, 0) is 43.7 Å². The Labute approximate surface area is 135 Å². The fourth-order valence-corrected chi connectivity index (χ4v) is 2.71. The maximum Gasteiger partial charge on any atom is 0.305 e. The summed E-state index contributed by atoms with van der Waals surface area (Å²) in [4.78, 5) is 11.2. The number of carbonyl (C=O) groups is 1. The Morgan fingerprint density at radius 1 is 1.14 bits per heavy atom. The van der Waals surface area contributed by atoms with Crippen LogP contribution in [-0.4, -0.2) is 12.6 Å². The van der Waals surface area contributed by atoms with E-state index in [1.165, 1.54) is 37.0 Å². The summed E-state index contributed by atoms with van der Waals surface area (Å²) in [5.74, 6) is 1.71. The molecular formula is C19H32O3. The molecule has 0 fully saturated rings. The van der Waals surface area contributed by atoms with E-state index in [0.717, 1.165) is 25.7 Å². The van der Waals surface area contributed by atoms with Crippen molar-refractivity contribution in [1.82, 2.24) is 0 Å². The Morgan fingerprint density at radius 2 is 1.82 bits per heavy atom. The highest BCUT2D eigenvalue weighted by atomic mass is 16.5. The van der Waals surface area contributed by atoms with Crippen LogP contribution in [0.15, 0.2) is 16.7 Å². The summed E-state index contributed by atoms with van der Waals surface area (Å²) in [7, 11) is 0. The molecule has 0 aliphatic rings. The van der Waals surface area contributed by atoms with E-state index in [1.807, 2.05) is 13.2 Å². The SMILES string of the molecule is CCOC(=O)CCCCCCCCc1occc1C(C)CC. The van der Waals surface area contributed by atoms with Gasteiger partial charge in [-0.15, -0.1) is 0 Å². The molecule has 3 nitrogen and oxygen atoms in total. The van der Waals surface area contributed by atoms with Crippen LogP contribution in [0.2, 0.25) is 0 Å². The Balaban J connectivity index is 2.04. The summed E-state index contributed by atoms with van der Waals surface area (Å²) in [6, 6.07) is 2.12. The molecule has 3 heteroatoms. The second kappa shape index (κ2) is 11.3. The summed E-state index contributed by atoms with van der Waals surface area (Å²) in [6.07, 6.45) is 11.5. The average molecular weight is 308 g/mol. The van der Waals surface area contributed by atoms with E-state index in [9.17, 15) is 4.79 Å². The summed E-state index contributed by atoms with van der Waals surface area (Å²) in [6.45, 7) is 6.82. The molecular weight excluding hydrogens is 276 g/mol. The van der Waals surface area contributed by atoms with Crippen molar-refractivity contribution < 1.29 is 13.9 Å². The van der Waals surface area contributed by atoms with Crippen LogP contribution < -0.4 is 0 Å². The van der Waals surface area contributed by atoms with Crippen LogP contribution in [0.4, 0.5) is 0 Å². The van der Waals surface area contributed by atoms with Crippen molar-refractivity contribution in [3.63, 3.8) is 0 Å². The zero-order valence-corrected chi connectivity index (χ0v) is 14.5. The van der Waals surface area contributed by atoms with Gasteiger partial charge in [-0.3, -0.25) is 4.79 Å². The summed E-state index contributed by atoms with van der Waals surface area (Å²) < 4.78 is 10.5. The fraction of sp³-hybridized carbons (Fsp3) is 0.737. The van der Waals surface area contributed by atoms with Crippen molar-refractivity contribution in [3.05, 3.63) is 23.7 Å². The number of rotatable bonds is 12. The first-order chi connectivity index (χ1) is 10.7. The highest BCUT2D eigenvalue weighted by molar-refractivity contribution is 5.69. The molecule has 1 atom stereocenters. The van der Waals surface area contributed by atoms with Gasteiger partial charge < -0.3 is 9.15 Å². The molecule has 0 aliphatic heterocycles. The molecule has 126 valence electrons. The Bertz CT molecular complexity index is 409. The Hall–Kier alpha value is -1.25. The zero-order valence-electron chi connectivity index (χ0n) is 14.5. The van der Waals surface area contributed by atoms with Gasteiger partial charge in [0.05, 0.1) is 12.9 Å². The van der Waals surface area contributed by atoms with E-state index in [4.69, 9.17) is 9.15 Å². The molecule has 1 rings (SSSR count). The number of esters is 1. The third kappa shape index (κ3) is 7.15. The molecule has 0 bridgehead atoms. The maximum atomic E-state index is 11.2. The zero-order chi connectivity index (χ0) is 16.2. The lowest BCUT2D eigenvalue weighted by Crippen LogP contribution is -2.03. The van der Waals surface area contributed by atoms with Gasteiger partial charge >= 0.3 is 5.97 Å². The molecule has 0 saturated heterocycles. The Morgan fingerprint density at radius 3 is 2.50 bits per heavy atom. The van der Waals surface area contributed by atoms with Crippen molar-refractivity contribution >= 4 is 5.97 Å². The van der Waals surface area contributed by atoms with E-state index in [0.29, 0.717) is 18.9 Å². The third-order valence-electron chi connectivity index (χ3n) is 4.26. The Kier molecular flexibility index (Phi) is 9.69. The highest BCUT2D eigenvalue weighted by Gasteiger charge is 2.11. The number of ether oxygens (including phenoxy) is 1. The van der Waals surface area contributed by atoms with Gasteiger partial charge in [0.1, 0.15) is 5.76 Å². The molecule has 0 radical (unpaired) electrons. The van der Waals surface area contributed by atoms with Gasteiger partial charge in [-0.25, -0.2) is 0 Å². The summed E-state index contributed by atoms with van der Waals surface area (Å²) in [5, 5.41) is 0. The number of hydrogen-bond donors (Lipinski definition) is 0. The molecule has 1 heterocycles. The largest absolute Gasteiger partial charge is 0.469 e. The first kappa shape index (κ1) is 18.8. The van der Waals surface area contributed by atoms with Crippen molar-refractivity contribution in [1.29, 1.82) is 0 Å². The van der Waals surface area contributed by atoms with Gasteiger partial charge in [0, 0.05) is 12.8 Å². The molecule has 1 aromatic heterocycles. The van der Waals surface area contributed by atoms with Gasteiger partial charge in [0.25, 0.3) is 0 Å². The van der Waals surface area contributed by atoms with Crippen LogP contribution in [0.25, 0.3) is 0 Å². The third-order valence-corrected chi connectivity index (χ3v) is 4.26. The number of furan rings is 1. The molecule has 0 saturated carbocycles. The monoisotopic (exact) mass is 308 g/mol. The minimum Gasteiger partial charge on any atom is -0.469 e.